The van der Waals surface area contributed by atoms with E-state index in [4.69, 9.17) is 16.3 Å². The minimum absolute atomic E-state index is 0. The fraction of sp³-hybridized carbons (Fsp3) is 0.435. The number of rotatable bonds is 7. The maximum Gasteiger partial charge on any atom is 0.220 e. The van der Waals surface area contributed by atoms with Gasteiger partial charge < -0.3 is 15.4 Å². The Labute approximate surface area is 183 Å². The predicted octanol–water partition coefficient (Wildman–Crippen LogP) is 4.88. The van der Waals surface area contributed by atoms with Crippen LogP contribution in [-0.2, 0) is 17.9 Å². The summed E-state index contributed by atoms with van der Waals surface area (Å²) in [4.78, 5) is 12.5. The largest absolute Gasteiger partial charge is 0.487 e. The summed E-state index contributed by atoms with van der Waals surface area (Å²) in [6, 6.07) is 16.8. The smallest absolute Gasteiger partial charge is 0.220 e. The van der Waals surface area contributed by atoms with Crippen molar-refractivity contribution >= 4 is 29.9 Å². The number of hydrogen-bond acceptors (Lipinski definition) is 3. The molecule has 2 fully saturated rings. The lowest BCUT2D eigenvalue weighted by atomic mass is 9.89. The number of carbonyl (C=O) groups excluding carboxylic acids is 1. The van der Waals surface area contributed by atoms with Crippen molar-refractivity contribution in [1.82, 2.24) is 10.6 Å². The van der Waals surface area contributed by atoms with Gasteiger partial charge in [0.25, 0.3) is 0 Å². The van der Waals surface area contributed by atoms with Crippen molar-refractivity contribution in [3.05, 3.63) is 64.7 Å². The van der Waals surface area contributed by atoms with Crippen molar-refractivity contribution in [3.63, 3.8) is 0 Å². The van der Waals surface area contributed by atoms with Gasteiger partial charge in [-0.05, 0) is 54.9 Å². The zero-order valence-electron chi connectivity index (χ0n) is 16.4. The van der Waals surface area contributed by atoms with Crippen LogP contribution in [0.25, 0.3) is 0 Å². The fourth-order valence-electron chi connectivity index (χ4n) is 4.46. The molecule has 0 aromatic heterocycles. The van der Waals surface area contributed by atoms with Crippen LogP contribution in [0.5, 0.6) is 5.75 Å². The molecule has 2 bridgehead atoms. The van der Waals surface area contributed by atoms with Crippen LogP contribution in [0.1, 0.15) is 43.2 Å². The topological polar surface area (TPSA) is 50.4 Å². The van der Waals surface area contributed by atoms with E-state index in [1.54, 1.807) is 0 Å². The highest BCUT2D eigenvalue weighted by Gasteiger charge is 2.34. The molecular weight excluding hydrogens is 407 g/mol. The average Bonchev–Trinajstić information content (AvgIpc) is 3.04. The number of piperidine rings is 1. The minimum Gasteiger partial charge on any atom is -0.487 e. The van der Waals surface area contributed by atoms with Crippen LogP contribution < -0.4 is 15.4 Å². The van der Waals surface area contributed by atoms with Gasteiger partial charge in [-0.25, -0.2) is 0 Å². The van der Waals surface area contributed by atoms with Crippen molar-refractivity contribution in [1.29, 1.82) is 0 Å². The van der Waals surface area contributed by atoms with Crippen LogP contribution in [0.4, 0.5) is 0 Å². The van der Waals surface area contributed by atoms with Gasteiger partial charge in [0.2, 0.25) is 5.91 Å². The second-order valence-electron chi connectivity index (χ2n) is 7.94. The second-order valence-corrected chi connectivity index (χ2v) is 8.35. The van der Waals surface area contributed by atoms with Crippen molar-refractivity contribution in [2.45, 2.75) is 57.3 Å². The van der Waals surface area contributed by atoms with E-state index in [2.05, 4.69) is 10.6 Å². The summed E-state index contributed by atoms with van der Waals surface area (Å²) in [6.45, 7) is 0.951. The first-order valence-electron chi connectivity index (χ1n) is 10.1. The molecule has 29 heavy (non-hydrogen) atoms. The lowest BCUT2D eigenvalue weighted by molar-refractivity contribution is -0.122. The molecule has 2 aliphatic rings. The third-order valence-electron chi connectivity index (χ3n) is 5.86. The molecule has 2 N–H and O–H groups in total. The summed E-state index contributed by atoms with van der Waals surface area (Å²) in [5.74, 6) is 1.33. The molecule has 6 heteroatoms. The number of ether oxygens (including phenoxy) is 1. The van der Waals surface area contributed by atoms with E-state index in [0.29, 0.717) is 48.3 Å². The highest BCUT2D eigenvalue weighted by molar-refractivity contribution is 6.32. The molecule has 2 aromatic rings. The number of carbonyl (C=O) groups is 1. The van der Waals surface area contributed by atoms with Crippen molar-refractivity contribution in [2.75, 3.05) is 0 Å². The van der Waals surface area contributed by atoms with Gasteiger partial charge in [0.05, 0.1) is 5.02 Å². The van der Waals surface area contributed by atoms with Gasteiger partial charge in [-0.3, -0.25) is 4.79 Å². The molecule has 2 heterocycles. The molecule has 2 unspecified atom stereocenters. The number of hydrogen-bond donors (Lipinski definition) is 2. The summed E-state index contributed by atoms with van der Waals surface area (Å²) in [7, 11) is 0. The van der Waals surface area contributed by atoms with E-state index in [1.165, 1.54) is 12.8 Å². The van der Waals surface area contributed by atoms with Crippen molar-refractivity contribution in [3.8, 4) is 5.75 Å². The van der Waals surface area contributed by atoms with Crippen molar-refractivity contribution < 1.29 is 9.53 Å². The Bertz CT molecular complexity index is 818. The Morgan fingerprint density at radius 3 is 2.41 bits per heavy atom. The molecule has 2 aromatic carbocycles. The Morgan fingerprint density at radius 2 is 1.69 bits per heavy atom. The third-order valence-corrected chi connectivity index (χ3v) is 6.17. The highest BCUT2D eigenvalue weighted by atomic mass is 35.5. The van der Waals surface area contributed by atoms with Gasteiger partial charge in [0, 0.05) is 25.0 Å². The molecule has 1 amide bonds. The van der Waals surface area contributed by atoms with Crippen LogP contribution in [0.15, 0.2) is 48.5 Å². The van der Waals surface area contributed by atoms with Crippen LogP contribution in [0.3, 0.4) is 0 Å². The molecule has 2 saturated heterocycles. The first-order chi connectivity index (χ1) is 13.7. The van der Waals surface area contributed by atoms with Crippen LogP contribution in [0, 0.1) is 5.92 Å². The van der Waals surface area contributed by atoms with Gasteiger partial charge in [-0.1, -0.05) is 48.0 Å². The summed E-state index contributed by atoms with van der Waals surface area (Å²) < 4.78 is 5.87. The maximum atomic E-state index is 12.5. The summed E-state index contributed by atoms with van der Waals surface area (Å²) in [5, 5.41) is 7.34. The number of halogens is 2. The molecule has 2 atom stereocenters. The Hall–Kier alpha value is -1.75. The lowest BCUT2D eigenvalue weighted by Gasteiger charge is -2.28. The van der Waals surface area contributed by atoms with Crippen LogP contribution >= 0.6 is 24.0 Å². The zero-order valence-corrected chi connectivity index (χ0v) is 18.0. The van der Waals surface area contributed by atoms with Gasteiger partial charge >= 0.3 is 0 Å². The normalized spacial score (nSPS) is 22.6. The lowest BCUT2D eigenvalue weighted by Crippen LogP contribution is -2.39. The first kappa shape index (κ1) is 21.9. The fourth-order valence-corrected chi connectivity index (χ4v) is 4.65. The number of fused-ring (bicyclic) bond motifs is 2. The maximum absolute atomic E-state index is 12.5. The first-order valence-corrected chi connectivity index (χ1v) is 10.5. The Morgan fingerprint density at radius 1 is 1.03 bits per heavy atom. The van der Waals surface area contributed by atoms with Gasteiger partial charge in [0.1, 0.15) is 12.4 Å². The Kier molecular flexibility index (Phi) is 7.82. The van der Waals surface area contributed by atoms with E-state index in [-0.39, 0.29) is 18.3 Å². The monoisotopic (exact) mass is 434 g/mol. The summed E-state index contributed by atoms with van der Waals surface area (Å²) in [5.41, 5.74) is 2.14. The van der Waals surface area contributed by atoms with E-state index in [0.717, 1.165) is 24.0 Å². The highest BCUT2D eigenvalue weighted by Crippen LogP contribution is 2.32. The summed E-state index contributed by atoms with van der Waals surface area (Å²) in [6.07, 6.45) is 5.43. The molecule has 0 aliphatic carbocycles. The number of nitrogens with one attached hydrogen (secondary N) is 2. The quantitative estimate of drug-likeness (QED) is 0.652. The molecule has 0 radical (unpaired) electrons. The van der Waals surface area contributed by atoms with E-state index >= 15 is 0 Å². The molecule has 156 valence electrons. The molecule has 2 aliphatic heterocycles. The molecule has 4 rings (SSSR count). The number of para-hydroxylation sites is 1. The van der Waals surface area contributed by atoms with E-state index in [9.17, 15) is 4.79 Å². The third kappa shape index (κ3) is 5.88. The standard InChI is InChI=1S/C23H27ClN2O2.ClH/c24-21-7-3-4-8-22(21)28-15-18-6-2-1-5-17(18)14-25-23(27)13-16-11-19-9-10-20(12-16)26-19;/h1-8,16,19-20,26H,9-15H2,(H,25,27);1H. The molecular formula is C23H28Cl2N2O2. The van der Waals surface area contributed by atoms with Gasteiger partial charge in [-0.15, -0.1) is 12.4 Å². The van der Waals surface area contributed by atoms with Crippen molar-refractivity contribution in [2.24, 2.45) is 5.92 Å². The van der Waals surface area contributed by atoms with Gasteiger partial charge in [-0.2, -0.15) is 0 Å². The van der Waals surface area contributed by atoms with E-state index in [1.807, 2.05) is 48.5 Å². The Balaban J connectivity index is 0.00000240. The minimum atomic E-state index is 0. The molecule has 0 saturated carbocycles. The molecule has 0 spiro atoms. The van der Waals surface area contributed by atoms with Crippen LogP contribution in [0.2, 0.25) is 5.02 Å². The summed E-state index contributed by atoms with van der Waals surface area (Å²) >= 11 is 6.16. The zero-order chi connectivity index (χ0) is 19.3. The average molecular weight is 435 g/mol. The molecule has 4 nitrogen and oxygen atoms in total. The number of benzene rings is 2. The SMILES string of the molecule is Cl.O=C(CC1CC2CCC(C1)N2)NCc1ccccc1COc1ccccc1Cl. The predicted molar refractivity (Wildman–Crippen MR) is 119 cm³/mol. The number of amides is 1. The van der Waals surface area contributed by atoms with E-state index < -0.39 is 0 Å². The second kappa shape index (κ2) is 10.3. The van der Waals surface area contributed by atoms with Gasteiger partial charge in [0.15, 0.2) is 0 Å². The van der Waals surface area contributed by atoms with Crippen LogP contribution in [-0.4, -0.2) is 18.0 Å².